The minimum atomic E-state index is 0.642. The molecule has 6 aromatic heterocycles. The molecule has 0 aromatic carbocycles. The number of ether oxygens (including phenoxy) is 1. The summed E-state index contributed by atoms with van der Waals surface area (Å²) in [6, 6.07) is 12.0. The minimum Gasteiger partial charge on any atom is -0.495 e. The molecule has 0 fully saturated rings. The summed E-state index contributed by atoms with van der Waals surface area (Å²) < 4.78 is 5.31. The first kappa shape index (κ1) is 18.2. The number of fused-ring (bicyclic) bond motifs is 2. The Bertz CT molecular complexity index is 1570. The van der Waals surface area contributed by atoms with E-state index >= 15 is 0 Å². The molecule has 0 spiro atoms. The van der Waals surface area contributed by atoms with E-state index in [1.807, 2.05) is 30.5 Å². The second kappa shape index (κ2) is 7.28. The molecule has 2 N–H and O–H groups in total. The van der Waals surface area contributed by atoms with Crippen LogP contribution >= 0.6 is 0 Å². The van der Waals surface area contributed by atoms with Gasteiger partial charge in [0.05, 0.1) is 30.4 Å². The maximum Gasteiger partial charge on any atom is 0.181 e. The molecule has 6 aromatic rings. The highest BCUT2D eigenvalue weighted by molar-refractivity contribution is 5.99. The quantitative estimate of drug-likeness (QED) is 0.431. The fourth-order valence-electron chi connectivity index (χ4n) is 3.87. The minimum absolute atomic E-state index is 0.642. The first-order valence-corrected chi connectivity index (χ1v) is 10.0. The van der Waals surface area contributed by atoms with E-state index in [4.69, 9.17) is 4.74 Å². The zero-order valence-electron chi connectivity index (χ0n) is 17.1. The van der Waals surface area contributed by atoms with E-state index < -0.39 is 0 Å². The molecule has 154 valence electrons. The molecule has 0 aliphatic rings. The van der Waals surface area contributed by atoms with Crippen LogP contribution in [0, 0.1) is 0 Å². The van der Waals surface area contributed by atoms with Crippen molar-refractivity contribution in [1.29, 1.82) is 0 Å². The molecule has 0 bridgehead atoms. The largest absolute Gasteiger partial charge is 0.495 e. The van der Waals surface area contributed by atoms with E-state index in [2.05, 4.69) is 47.2 Å². The number of aromatic nitrogens is 7. The van der Waals surface area contributed by atoms with Crippen LogP contribution in [0.1, 0.15) is 0 Å². The number of H-pyrrole nitrogens is 2. The van der Waals surface area contributed by atoms with E-state index in [0.717, 1.165) is 50.1 Å². The first-order chi connectivity index (χ1) is 15.8. The number of pyridine rings is 4. The maximum atomic E-state index is 5.31. The number of nitrogens with one attached hydrogen (secondary N) is 2. The fraction of sp³-hybridized carbons (Fsp3) is 0.0417. The number of methoxy groups -OCH3 is 1. The van der Waals surface area contributed by atoms with Gasteiger partial charge in [-0.15, -0.1) is 0 Å². The van der Waals surface area contributed by atoms with Crippen LogP contribution in [0.3, 0.4) is 0 Å². The Hall–Kier alpha value is -4.59. The van der Waals surface area contributed by atoms with Crippen LogP contribution in [0.25, 0.3) is 55.7 Å². The molecule has 0 aliphatic carbocycles. The summed E-state index contributed by atoms with van der Waals surface area (Å²) in [5.41, 5.74) is 7.09. The second-order valence-electron chi connectivity index (χ2n) is 7.35. The van der Waals surface area contributed by atoms with Crippen LogP contribution in [-0.4, -0.2) is 42.2 Å². The lowest BCUT2D eigenvalue weighted by Gasteiger charge is -2.04. The van der Waals surface area contributed by atoms with E-state index in [-0.39, 0.29) is 0 Å². The molecule has 0 saturated carbocycles. The van der Waals surface area contributed by atoms with Gasteiger partial charge in [0, 0.05) is 64.0 Å². The van der Waals surface area contributed by atoms with Crippen LogP contribution < -0.4 is 4.74 Å². The number of aromatic amines is 2. The lowest BCUT2D eigenvalue weighted by atomic mass is 10.1. The average Bonchev–Trinajstić information content (AvgIpc) is 3.48. The van der Waals surface area contributed by atoms with Crippen LogP contribution in [-0.2, 0) is 0 Å². The molecule has 6 heterocycles. The number of rotatable bonds is 4. The summed E-state index contributed by atoms with van der Waals surface area (Å²) in [5.74, 6) is 0.695. The van der Waals surface area contributed by atoms with Crippen molar-refractivity contribution in [1.82, 2.24) is 35.1 Å². The normalized spacial score (nSPS) is 11.3. The summed E-state index contributed by atoms with van der Waals surface area (Å²) in [4.78, 5) is 21.1. The second-order valence-corrected chi connectivity index (χ2v) is 7.35. The molecule has 6 rings (SSSR count). The van der Waals surface area contributed by atoms with E-state index in [0.29, 0.717) is 11.4 Å². The molecule has 32 heavy (non-hydrogen) atoms. The average molecular weight is 419 g/mol. The van der Waals surface area contributed by atoms with Gasteiger partial charge in [-0.2, -0.15) is 5.10 Å². The van der Waals surface area contributed by atoms with Gasteiger partial charge < -0.3 is 9.72 Å². The fourth-order valence-corrected chi connectivity index (χ4v) is 3.87. The Balaban J connectivity index is 1.50. The molecule has 0 amide bonds. The van der Waals surface area contributed by atoms with Gasteiger partial charge in [0.15, 0.2) is 5.65 Å². The van der Waals surface area contributed by atoms with Gasteiger partial charge >= 0.3 is 0 Å². The van der Waals surface area contributed by atoms with Crippen molar-refractivity contribution in [3.05, 3.63) is 73.6 Å². The Labute approximate surface area is 182 Å². The van der Waals surface area contributed by atoms with Crippen molar-refractivity contribution in [3.63, 3.8) is 0 Å². The van der Waals surface area contributed by atoms with Gasteiger partial charge in [0.25, 0.3) is 0 Å². The van der Waals surface area contributed by atoms with E-state index in [9.17, 15) is 0 Å². The predicted octanol–water partition coefficient (Wildman–Crippen LogP) is 4.63. The van der Waals surface area contributed by atoms with E-state index in [1.165, 1.54) is 0 Å². The molecule has 0 aliphatic heterocycles. The van der Waals surface area contributed by atoms with Gasteiger partial charge in [-0.3, -0.25) is 20.1 Å². The zero-order chi connectivity index (χ0) is 21.5. The summed E-state index contributed by atoms with van der Waals surface area (Å²) in [6.45, 7) is 0. The molecular formula is C24H17N7O. The number of hydrogen-bond donors (Lipinski definition) is 2. The molecule has 8 nitrogen and oxygen atoms in total. The van der Waals surface area contributed by atoms with E-state index in [1.54, 1.807) is 38.1 Å². The highest BCUT2D eigenvalue weighted by Crippen LogP contribution is 2.33. The summed E-state index contributed by atoms with van der Waals surface area (Å²) in [5, 5.41) is 9.45. The molecule has 0 saturated heterocycles. The lowest BCUT2D eigenvalue weighted by molar-refractivity contribution is 0.413. The van der Waals surface area contributed by atoms with Gasteiger partial charge in [-0.25, -0.2) is 4.98 Å². The SMILES string of the molecule is COc1cncc(-c2cnc3n[nH]c(-c4cc5c(-c6cccnc6)nccc5[nH]4)c3c2)c1. The Morgan fingerprint density at radius 2 is 1.72 bits per heavy atom. The maximum absolute atomic E-state index is 5.31. The third-order valence-corrected chi connectivity index (χ3v) is 5.44. The molecular weight excluding hydrogens is 402 g/mol. The zero-order valence-corrected chi connectivity index (χ0v) is 17.1. The third kappa shape index (κ3) is 2.97. The summed E-state index contributed by atoms with van der Waals surface area (Å²) >= 11 is 0. The monoisotopic (exact) mass is 419 g/mol. The smallest absolute Gasteiger partial charge is 0.181 e. The number of nitrogens with zero attached hydrogens (tertiary/aromatic N) is 5. The molecule has 0 radical (unpaired) electrons. The van der Waals surface area contributed by atoms with Crippen molar-refractivity contribution in [2.45, 2.75) is 0 Å². The standard InChI is InChI=1S/C24H17N7O/c1-32-17-7-15(11-26-13-17)16-8-19-23(30-31-24(19)28-12-16)21-9-18-20(29-21)4-6-27-22(18)14-3-2-5-25-10-14/h2-13,29H,1H3,(H,28,30,31). The highest BCUT2D eigenvalue weighted by atomic mass is 16.5. The Morgan fingerprint density at radius 3 is 2.59 bits per heavy atom. The lowest BCUT2D eigenvalue weighted by Crippen LogP contribution is -1.87. The van der Waals surface area contributed by atoms with Crippen molar-refractivity contribution in [2.24, 2.45) is 0 Å². The van der Waals surface area contributed by atoms with Crippen molar-refractivity contribution in [3.8, 4) is 39.5 Å². The van der Waals surface area contributed by atoms with Crippen LogP contribution in [0.15, 0.2) is 73.6 Å². The van der Waals surface area contributed by atoms with Gasteiger partial charge in [0.2, 0.25) is 0 Å². The number of hydrogen-bond acceptors (Lipinski definition) is 6. The highest BCUT2D eigenvalue weighted by Gasteiger charge is 2.15. The van der Waals surface area contributed by atoms with Gasteiger partial charge in [-0.1, -0.05) is 0 Å². The Kier molecular flexibility index (Phi) is 4.14. The summed E-state index contributed by atoms with van der Waals surface area (Å²) in [7, 11) is 1.63. The molecule has 0 unspecified atom stereocenters. The molecule has 8 heteroatoms. The van der Waals surface area contributed by atoms with Gasteiger partial charge in [-0.05, 0) is 36.4 Å². The van der Waals surface area contributed by atoms with Crippen LogP contribution in [0.4, 0.5) is 0 Å². The van der Waals surface area contributed by atoms with Crippen LogP contribution in [0.2, 0.25) is 0 Å². The topological polar surface area (TPSA) is 105 Å². The molecule has 0 atom stereocenters. The van der Waals surface area contributed by atoms with Crippen molar-refractivity contribution < 1.29 is 4.74 Å². The summed E-state index contributed by atoms with van der Waals surface area (Å²) in [6.07, 6.45) is 10.6. The predicted molar refractivity (Wildman–Crippen MR) is 122 cm³/mol. The Morgan fingerprint density at radius 1 is 0.812 bits per heavy atom. The van der Waals surface area contributed by atoms with Crippen molar-refractivity contribution >= 4 is 21.9 Å². The first-order valence-electron chi connectivity index (χ1n) is 10.0. The van der Waals surface area contributed by atoms with Crippen LogP contribution in [0.5, 0.6) is 5.75 Å². The third-order valence-electron chi connectivity index (χ3n) is 5.44. The van der Waals surface area contributed by atoms with Crippen molar-refractivity contribution in [2.75, 3.05) is 7.11 Å². The van der Waals surface area contributed by atoms with Gasteiger partial charge in [0.1, 0.15) is 5.75 Å².